The fraction of sp³-hybridized carbons (Fsp3) is 0.462. The molecule has 1 aromatic carbocycles. The minimum Gasteiger partial charge on any atom is -0.369 e. The molecule has 1 aromatic heterocycles. The third-order valence-electron chi connectivity index (χ3n) is 7.51. The molecule has 32 heavy (non-hydrogen) atoms. The highest BCUT2D eigenvalue weighted by atomic mass is 19.1. The highest BCUT2D eigenvalue weighted by Gasteiger charge is 2.41. The molecule has 1 saturated heterocycles. The standard InChI is InChI=1S/C26H29FN4O/c1-15(2)30-7-9-31(10-8-30)18-6-5-16-11-19-22-21(32)12-17(14-28)23(27)24(22)29-25(19)26(3,4)20(16)13-18/h5-6,13,15,29H,7-12H2,1-4H3. The number of allylic oxidation sites excluding steroid dienone is 1. The van der Waals surface area contributed by atoms with Crippen molar-refractivity contribution in [1.29, 1.82) is 5.26 Å². The molecule has 0 unspecified atom stereocenters. The molecule has 2 aliphatic carbocycles. The second-order valence-corrected chi connectivity index (χ2v) is 9.99. The van der Waals surface area contributed by atoms with Gasteiger partial charge in [0.25, 0.3) is 0 Å². The van der Waals surface area contributed by atoms with Crippen LogP contribution in [-0.2, 0) is 11.8 Å². The largest absolute Gasteiger partial charge is 0.369 e. The number of H-pyrrole nitrogens is 1. The molecule has 166 valence electrons. The van der Waals surface area contributed by atoms with Crippen LogP contribution in [0.3, 0.4) is 0 Å². The number of piperazine rings is 1. The highest BCUT2D eigenvalue weighted by Crippen LogP contribution is 2.47. The van der Waals surface area contributed by atoms with Crippen LogP contribution in [0.15, 0.2) is 23.8 Å². The normalized spacial score (nSPS) is 20.2. The third-order valence-corrected chi connectivity index (χ3v) is 7.51. The van der Waals surface area contributed by atoms with E-state index in [1.165, 1.54) is 16.8 Å². The van der Waals surface area contributed by atoms with E-state index < -0.39 is 11.2 Å². The first-order valence-corrected chi connectivity index (χ1v) is 11.4. The molecule has 3 aliphatic rings. The van der Waals surface area contributed by atoms with Gasteiger partial charge in [0.15, 0.2) is 11.6 Å². The van der Waals surface area contributed by atoms with E-state index in [0.29, 0.717) is 18.0 Å². The van der Waals surface area contributed by atoms with Crippen molar-refractivity contribution >= 4 is 17.3 Å². The third kappa shape index (κ3) is 3.02. The van der Waals surface area contributed by atoms with E-state index in [2.05, 4.69) is 60.7 Å². The molecule has 0 amide bonds. The van der Waals surface area contributed by atoms with Crippen LogP contribution < -0.4 is 4.90 Å². The number of fused-ring (bicyclic) bond motifs is 4. The minimum absolute atomic E-state index is 0.0840. The Hall–Kier alpha value is -2.91. The molecule has 0 saturated carbocycles. The number of anilines is 1. The van der Waals surface area contributed by atoms with Gasteiger partial charge in [-0.05, 0) is 42.7 Å². The van der Waals surface area contributed by atoms with Crippen molar-refractivity contribution in [2.24, 2.45) is 0 Å². The van der Waals surface area contributed by atoms with Crippen LogP contribution in [0.25, 0.3) is 5.83 Å². The summed E-state index contributed by atoms with van der Waals surface area (Å²) < 4.78 is 14.9. The molecule has 0 atom stereocenters. The van der Waals surface area contributed by atoms with Crippen molar-refractivity contribution in [2.75, 3.05) is 31.1 Å². The Morgan fingerprint density at radius 1 is 1.16 bits per heavy atom. The quantitative estimate of drug-likeness (QED) is 0.755. The van der Waals surface area contributed by atoms with E-state index in [1.54, 1.807) is 0 Å². The summed E-state index contributed by atoms with van der Waals surface area (Å²) in [5, 5.41) is 9.23. The van der Waals surface area contributed by atoms with E-state index in [0.717, 1.165) is 37.4 Å². The van der Waals surface area contributed by atoms with Gasteiger partial charge in [0.2, 0.25) is 0 Å². The molecule has 6 heteroatoms. The number of aromatic amines is 1. The average molecular weight is 433 g/mol. The Bertz CT molecular complexity index is 1190. The van der Waals surface area contributed by atoms with Crippen molar-refractivity contribution < 1.29 is 9.18 Å². The first kappa shape index (κ1) is 21.0. The van der Waals surface area contributed by atoms with Crippen LogP contribution in [0.5, 0.6) is 0 Å². The second-order valence-electron chi connectivity index (χ2n) is 9.99. The lowest BCUT2D eigenvalue weighted by molar-refractivity contribution is 0.0990. The van der Waals surface area contributed by atoms with Gasteiger partial charge in [-0.3, -0.25) is 9.69 Å². The lowest BCUT2D eigenvalue weighted by atomic mass is 9.71. The first-order chi connectivity index (χ1) is 15.2. The number of Topliss-reactive ketones (excluding diaryl/α,β-unsaturated/α-hetero) is 1. The first-order valence-electron chi connectivity index (χ1n) is 11.4. The second kappa shape index (κ2) is 7.31. The number of carbonyl (C=O) groups is 1. The summed E-state index contributed by atoms with van der Waals surface area (Å²) in [5.41, 5.74) is 5.52. The molecular weight excluding hydrogens is 403 g/mol. The SMILES string of the molecule is CC(C)N1CCN(c2ccc3c(c2)C(C)(C)c2[nH]c4c(c2C3)C(=O)CC(C#N)=C4F)CC1. The number of nitrogens with zero attached hydrogens (tertiary/aromatic N) is 3. The lowest BCUT2D eigenvalue weighted by Crippen LogP contribution is -2.49. The zero-order valence-corrected chi connectivity index (χ0v) is 19.2. The Labute approximate surface area is 188 Å². The summed E-state index contributed by atoms with van der Waals surface area (Å²) in [6.07, 6.45) is 0.441. The molecule has 2 heterocycles. The molecule has 1 fully saturated rings. The van der Waals surface area contributed by atoms with Crippen LogP contribution in [0.2, 0.25) is 0 Å². The van der Waals surface area contributed by atoms with Gasteiger partial charge in [-0.2, -0.15) is 5.26 Å². The molecule has 1 aliphatic heterocycles. The van der Waals surface area contributed by atoms with Gasteiger partial charge >= 0.3 is 0 Å². The van der Waals surface area contributed by atoms with Crippen molar-refractivity contribution in [3.63, 3.8) is 0 Å². The zero-order valence-electron chi connectivity index (χ0n) is 19.2. The molecular formula is C26H29FN4O. The Morgan fingerprint density at radius 2 is 1.88 bits per heavy atom. The summed E-state index contributed by atoms with van der Waals surface area (Å²) >= 11 is 0. The van der Waals surface area contributed by atoms with Crippen LogP contribution in [0.4, 0.5) is 10.1 Å². The van der Waals surface area contributed by atoms with Crippen LogP contribution in [0.1, 0.15) is 72.6 Å². The predicted octanol–water partition coefficient (Wildman–Crippen LogP) is 4.57. The zero-order chi connectivity index (χ0) is 22.8. The number of halogens is 1. The van der Waals surface area contributed by atoms with Gasteiger partial charge in [-0.25, -0.2) is 4.39 Å². The topological polar surface area (TPSA) is 63.1 Å². The molecule has 0 spiro atoms. The van der Waals surface area contributed by atoms with Gasteiger partial charge in [-0.1, -0.05) is 19.9 Å². The van der Waals surface area contributed by atoms with E-state index in [1.807, 2.05) is 6.07 Å². The molecule has 0 radical (unpaired) electrons. The molecule has 2 aromatic rings. The average Bonchev–Trinajstić information content (AvgIpc) is 3.17. The van der Waals surface area contributed by atoms with Gasteiger partial charge < -0.3 is 9.88 Å². The van der Waals surface area contributed by atoms with E-state index in [9.17, 15) is 14.4 Å². The Balaban J connectivity index is 1.53. The number of aromatic nitrogens is 1. The minimum atomic E-state index is -0.583. The summed E-state index contributed by atoms with van der Waals surface area (Å²) in [6.45, 7) is 12.9. The van der Waals surface area contributed by atoms with Crippen LogP contribution in [0, 0.1) is 11.3 Å². The summed E-state index contributed by atoms with van der Waals surface area (Å²) in [4.78, 5) is 21.0. The van der Waals surface area contributed by atoms with Crippen molar-refractivity contribution in [3.8, 4) is 6.07 Å². The number of carbonyl (C=O) groups excluding carboxylic acids is 1. The van der Waals surface area contributed by atoms with Gasteiger partial charge in [0.05, 0.1) is 17.3 Å². The van der Waals surface area contributed by atoms with Gasteiger partial charge in [-0.15, -0.1) is 0 Å². The highest BCUT2D eigenvalue weighted by molar-refractivity contribution is 6.07. The number of hydrogen-bond acceptors (Lipinski definition) is 4. The molecule has 0 bridgehead atoms. The van der Waals surface area contributed by atoms with E-state index in [-0.39, 0.29) is 23.5 Å². The summed E-state index contributed by atoms with van der Waals surface area (Å²) in [5.74, 6) is -0.755. The van der Waals surface area contributed by atoms with Gasteiger partial charge in [0, 0.05) is 67.4 Å². The maximum atomic E-state index is 14.9. The number of hydrogen-bond donors (Lipinski definition) is 1. The van der Waals surface area contributed by atoms with Crippen LogP contribution in [-0.4, -0.2) is 47.9 Å². The maximum Gasteiger partial charge on any atom is 0.170 e. The molecule has 5 rings (SSSR count). The monoisotopic (exact) mass is 432 g/mol. The predicted molar refractivity (Wildman–Crippen MR) is 124 cm³/mol. The number of rotatable bonds is 2. The van der Waals surface area contributed by atoms with Crippen LogP contribution >= 0.6 is 0 Å². The van der Waals surface area contributed by atoms with Crippen molar-refractivity contribution in [3.05, 3.63) is 57.4 Å². The Morgan fingerprint density at radius 3 is 2.53 bits per heavy atom. The van der Waals surface area contributed by atoms with E-state index in [4.69, 9.17) is 0 Å². The smallest absolute Gasteiger partial charge is 0.170 e. The lowest BCUT2D eigenvalue weighted by Gasteiger charge is -2.39. The summed E-state index contributed by atoms with van der Waals surface area (Å²) in [7, 11) is 0. The summed E-state index contributed by atoms with van der Waals surface area (Å²) in [6, 6.07) is 9.04. The number of benzene rings is 1. The van der Waals surface area contributed by atoms with Gasteiger partial charge in [0.1, 0.15) is 0 Å². The number of nitriles is 1. The maximum absolute atomic E-state index is 14.9. The van der Waals surface area contributed by atoms with Crippen molar-refractivity contribution in [1.82, 2.24) is 9.88 Å². The number of ketones is 1. The van der Waals surface area contributed by atoms with Crippen molar-refractivity contribution in [2.45, 2.75) is 52.0 Å². The number of nitrogens with one attached hydrogen (secondary N) is 1. The Kier molecular flexibility index (Phi) is 4.79. The van der Waals surface area contributed by atoms with E-state index >= 15 is 0 Å². The molecule has 1 N–H and O–H groups in total. The molecule has 5 nitrogen and oxygen atoms in total. The fourth-order valence-corrected chi connectivity index (χ4v) is 5.61. The fourth-order valence-electron chi connectivity index (χ4n) is 5.61.